The van der Waals surface area contributed by atoms with Gasteiger partial charge in [-0.3, -0.25) is 4.79 Å². The maximum atomic E-state index is 11.6. The Hall–Kier alpha value is -1.88. The number of esters is 1. The molecule has 3 N–H and O–H groups in total. The fraction of sp³-hybridized carbons (Fsp3) is 0.333. The van der Waals surface area contributed by atoms with Crippen LogP contribution in [0.2, 0.25) is 0 Å². The number of carbonyl (C=O) groups is 2. The number of nitrogens with one attached hydrogen (secondary N) is 1. The van der Waals surface area contributed by atoms with Crippen molar-refractivity contribution in [2.45, 2.75) is 19.4 Å². The largest absolute Gasteiger partial charge is 0.465 e. The molecule has 0 fully saturated rings. The molecule has 0 aliphatic heterocycles. The second-order valence-electron chi connectivity index (χ2n) is 4.24. The summed E-state index contributed by atoms with van der Waals surface area (Å²) in [6, 6.07) is 6.39. The molecule has 17 heavy (non-hydrogen) atoms. The van der Waals surface area contributed by atoms with Crippen molar-refractivity contribution >= 4 is 17.6 Å². The van der Waals surface area contributed by atoms with Gasteiger partial charge in [0.2, 0.25) is 5.91 Å². The monoisotopic (exact) mass is 236 g/mol. The van der Waals surface area contributed by atoms with Gasteiger partial charge < -0.3 is 15.8 Å². The average molecular weight is 236 g/mol. The summed E-state index contributed by atoms with van der Waals surface area (Å²) < 4.78 is 4.57. The van der Waals surface area contributed by atoms with Crippen molar-refractivity contribution in [2.24, 2.45) is 5.73 Å². The van der Waals surface area contributed by atoms with Gasteiger partial charge in [-0.2, -0.15) is 0 Å². The summed E-state index contributed by atoms with van der Waals surface area (Å²) in [5, 5.41) is 2.65. The van der Waals surface area contributed by atoms with Crippen molar-refractivity contribution in [1.82, 2.24) is 0 Å². The molecule has 0 bridgehead atoms. The molecular formula is C12H16N2O3. The minimum Gasteiger partial charge on any atom is -0.465 e. The van der Waals surface area contributed by atoms with Crippen LogP contribution in [0.5, 0.6) is 0 Å². The summed E-state index contributed by atoms with van der Waals surface area (Å²) in [5.41, 5.74) is 5.71. The number of carbonyl (C=O) groups excluding carboxylic acids is 2. The number of hydrogen-bond donors (Lipinski definition) is 2. The van der Waals surface area contributed by atoms with Crippen molar-refractivity contribution in [1.29, 1.82) is 0 Å². The van der Waals surface area contributed by atoms with Gasteiger partial charge in [-0.05, 0) is 38.1 Å². The molecule has 0 unspecified atom stereocenters. The van der Waals surface area contributed by atoms with E-state index in [1.165, 1.54) is 7.11 Å². The molecule has 5 nitrogen and oxygen atoms in total. The van der Waals surface area contributed by atoms with E-state index in [9.17, 15) is 9.59 Å². The first-order chi connectivity index (χ1) is 7.84. The Kier molecular flexibility index (Phi) is 3.85. The van der Waals surface area contributed by atoms with E-state index in [-0.39, 0.29) is 5.91 Å². The van der Waals surface area contributed by atoms with Crippen LogP contribution < -0.4 is 11.1 Å². The van der Waals surface area contributed by atoms with Gasteiger partial charge in [0.25, 0.3) is 0 Å². The summed E-state index contributed by atoms with van der Waals surface area (Å²) in [6.45, 7) is 3.23. The lowest BCUT2D eigenvalue weighted by Crippen LogP contribution is -2.45. The quantitative estimate of drug-likeness (QED) is 0.771. The number of rotatable bonds is 3. The second-order valence-corrected chi connectivity index (χ2v) is 4.24. The van der Waals surface area contributed by atoms with Crippen molar-refractivity contribution in [3.63, 3.8) is 0 Å². The van der Waals surface area contributed by atoms with Crippen LogP contribution >= 0.6 is 0 Å². The molecule has 0 saturated carbocycles. The van der Waals surface area contributed by atoms with Crippen LogP contribution in [-0.4, -0.2) is 24.5 Å². The molecule has 0 saturated heterocycles. The molecule has 92 valence electrons. The SMILES string of the molecule is COC(=O)c1ccc(NC(=O)C(C)(C)N)cc1. The molecule has 0 atom stereocenters. The minimum atomic E-state index is -0.943. The van der Waals surface area contributed by atoms with E-state index in [0.29, 0.717) is 11.3 Å². The fourth-order valence-electron chi connectivity index (χ4n) is 1.10. The Bertz CT molecular complexity index is 418. The Morgan fingerprint density at radius 3 is 2.18 bits per heavy atom. The molecule has 1 aromatic carbocycles. The first-order valence-electron chi connectivity index (χ1n) is 5.13. The average Bonchev–Trinajstić information content (AvgIpc) is 2.27. The fourth-order valence-corrected chi connectivity index (χ4v) is 1.10. The van der Waals surface area contributed by atoms with Crippen LogP contribution in [0.3, 0.4) is 0 Å². The Labute approximate surface area is 99.9 Å². The highest BCUT2D eigenvalue weighted by molar-refractivity contribution is 5.97. The van der Waals surface area contributed by atoms with Gasteiger partial charge in [-0.1, -0.05) is 0 Å². The lowest BCUT2D eigenvalue weighted by molar-refractivity contribution is -0.120. The standard InChI is InChI=1S/C12H16N2O3/c1-12(2,13)11(16)14-9-6-4-8(5-7-9)10(15)17-3/h4-7H,13H2,1-3H3,(H,14,16). The molecule has 0 aliphatic carbocycles. The van der Waals surface area contributed by atoms with Crippen LogP contribution in [-0.2, 0) is 9.53 Å². The number of nitrogens with two attached hydrogens (primary N) is 1. The minimum absolute atomic E-state index is 0.289. The van der Waals surface area contributed by atoms with E-state index in [1.807, 2.05) is 0 Å². The van der Waals surface area contributed by atoms with Gasteiger partial charge in [-0.15, -0.1) is 0 Å². The van der Waals surface area contributed by atoms with E-state index in [1.54, 1.807) is 38.1 Å². The van der Waals surface area contributed by atoms with Gasteiger partial charge in [0.05, 0.1) is 18.2 Å². The number of methoxy groups -OCH3 is 1. The number of ether oxygens (including phenoxy) is 1. The highest BCUT2D eigenvalue weighted by Gasteiger charge is 2.21. The molecule has 1 aromatic rings. The molecule has 0 spiro atoms. The Morgan fingerprint density at radius 1 is 1.24 bits per heavy atom. The maximum Gasteiger partial charge on any atom is 0.337 e. The number of anilines is 1. The third-order valence-corrected chi connectivity index (χ3v) is 2.15. The molecular weight excluding hydrogens is 220 g/mol. The highest BCUT2D eigenvalue weighted by Crippen LogP contribution is 2.12. The van der Waals surface area contributed by atoms with E-state index in [2.05, 4.69) is 10.1 Å². The number of benzene rings is 1. The maximum absolute atomic E-state index is 11.6. The third kappa shape index (κ3) is 3.57. The van der Waals surface area contributed by atoms with Crippen molar-refractivity contribution in [2.75, 3.05) is 12.4 Å². The van der Waals surface area contributed by atoms with E-state index < -0.39 is 11.5 Å². The van der Waals surface area contributed by atoms with Crippen LogP contribution in [0.1, 0.15) is 24.2 Å². The highest BCUT2D eigenvalue weighted by atomic mass is 16.5. The second kappa shape index (κ2) is 4.97. The Morgan fingerprint density at radius 2 is 1.76 bits per heavy atom. The first kappa shape index (κ1) is 13.2. The lowest BCUT2D eigenvalue weighted by atomic mass is 10.1. The lowest BCUT2D eigenvalue weighted by Gasteiger charge is -2.17. The van der Waals surface area contributed by atoms with Crippen LogP contribution in [0.15, 0.2) is 24.3 Å². The van der Waals surface area contributed by atoms with Gasteiger partial charge in [0, 0.05) is 5.69 Å². The number of hydrogen-bond acceptors (Lipinski definition) is 4. The van der Waals surface area contributed by atoms with Crippen LogP contribution in [0.4, 0.5) is 5.69 Å². The van der Waals surface area contributed by atoms with E-state index in [4.69, 9.17) is 5.73 Å². The van der Waals surface area contributed by atoms with Gasteiger partial charge in [0.15, 0.2) is 0 Å². The van der Waals surface area contributed by atoms with Crippen molar-refractivity contribution < 1.29 is 14.3 Å². The number of amides is 1. The van der Waals surface area contributed by atoms with E-state index >= 15 is 0 Å². The summed E-state index contributed by atoms with van der Waals surface area (Å²) in [7, 11) is 1.31. The summed E-state index contributed by atoms with van der Waals surface area (Å²) >= 11 is 0. The predicted molar refractivity (Wildman–Crippen MR) is 64.7 cm³/mol. The van der Waals surface area contributed by atoms with E-state index in [0.717, 1.165) is 0 Å². The Balaban J connectivity index is 2.76. The first-order valence-corrected chi connectivity index (χ1v) is 5.13. The zero-order valence-corrected chi connectivity index (χ0v) is 10.1. The molecule has 0 aliphatic rings. The molecule has 0 radical (unpaired) electrons. The normalized spacial score (nSPS) is 10.8. The van der Waals surface area contributed by atoms with Gasteiger partial charge >= 0.3 is 5.97 Å². The predicted octanol–water partition coefficient (Wildman–Crippen LogP) is 1.15. The smallest absolute Gasteiger partial charge is 0.337 e. The zero-order valence-electron chi connectivity index (χ0n) is 10.1. The van der Waals surface area contributed by atoms with Crippen LogP contribution in [0.25, 0.3) is 0 Å². The molecule has 0 heterocycles. The molecule has 1 rings (SSSR count). The summed E-state index contributed by atoms with van der Waals surface area (Å²) in [4.78, 5) is 22.8. The molecule has 1 amide bonds. The molecule has 5 heteroatoms. The topological polar surface area (TPSA) is 81.4 Å². The van der Waals surface area contributed by atoms with Gasteiger partial charge in [-0.25, -0.2) is 4.79 Å². The summed E-state index contributed by atoms with van der Waals surface area (Å²) in [5.74, 6) is -0.703. The molecule has 0 aromatic heterocycles. The summed E-state index contributed by atoms with van der Waals surface area (Å²) in [6.07, 6.45) is 0. The third-order valence-electron chi connectivity index (χ3n) is 2.15. The van der Waals surface area contributed by atoms with Crippen LogP contribution in [0, 0.1) is 0 Å². The van der Waals surface area contributed by atoms with Crippen molar-refractivity contribution in [3.05, 3.63) is 29.8 Å². The van der Waals surface area contributed by atoms with Crippen molar-refractivity contribution in [3.8, 4) is 0 Å². The zero-order chi connectivity index (χ0) is 13.1. The van der Waals surface area contributed by atoms with Gasteiger partial charge in [0.1, 0.15) is 0 Å².